The van der Waals surface area contributed by atoms with Gasteiger partial charge in [-0.05, 0) is 42.5 Å². The summed E-state index contributed by atoms with van der Waals surface area (Å²) in [5.74, 6) is 1.32. The lowest BCUT2D eigenvalue weighted by atomic mass is 10.1. The number of nitrogens with zero attached hydrogens (tertiary/aromatic N) is 3. The van der Waals surface area contributed by atoms with Crippen LogP contribution < -0.4 is 15.0 Å². The van der Waals surface area contributed by atoms with Crippen molar-refractivity contribution in [2.75, 3.05) is 56.8 Å². The molecule has 6 bridgehead atoms. The number of morpholine rings is 1. The number of fused-ring (bicyclic) bond motifs is 7. The molecular formula is C27H30N4O4. The Hall–Kier alpha value is -3.46. The fourth-order valence-electron chi connectivity index (χ4n) is 4.26. The summed E-state index contributed by atoms with van der Waals surface area (Å²) in [6.45, 7) is 5.13. The summed E-state index contributed by atoms with van der Waals surface area (Å²) in [4.78, 5) is 11.5. The van der Waals surface area contributed by atoms with Crippen LogP contribution >= 0.6 is 0 Å². The van der Waals surface area contributed by atoms with Gasteiger partial charge in [-0.2, -0.15) is 0 Å². The summed E-state index contributed by atoms with van der Waals surface area (Å²) in [7, 11) is 1.67. The lowest BCUT2D eigenvalue weighted by Crippen LogP contribution is -2.36. The van der Waals surface area contributed by atoms with Gasteiger partial charge in [-0.15, -0.1) is 0 Å². The summed E-state index contributed by atoms with van der Waals surface area (Å²) in [5.41, 5.74) is 5.95. The van der Waals surface area contributed by atoms with Gasteiger partial charge in [0.1, 0.15) is 5.75 Å². The van der Waals surface area contributed by atoms with E-state index in [1.807, 2.05) is 30.4 Å². The van der Waals surface area contributed by atoms with Gasteiger partial charge in [0.15, 0.2) is 0 Å². The number of ether oxygens (including phenoxy) is 4. The van der Waals surface area contributed by atoms with Crippen LogP contribution in [0.25, 0.3) is 11.3 Å². The van der Waals surface area contributed by atoms with Gasteiger partial charge in [0, 0.05) is 47.4 Å². The van der Waals surface area contributed by atoms with Gasteiger partial charge in [-0.25, -0.2) is 9.97 Å². The van der Waals surface area contributed by atoms with E-state index in [9.17, 15) is 0 Å². The Morgan fingerprint density at radius 3 is 2.49 bits per heavy atom. The molecule has 5 rings (SSSR count). The van der Waals surface area contributed by atoms with E-state index in [0.717, 1.165) is 60.1 Å². The minimum absolute atomic E-state index is 0.436. The van der Waals surface area contributed by atoms with Crippen LogP contribution in [0.4, 0.5) is 17.3 Å². The molecule has 0 amide bonds. The normalized spacial score (nSPS) is 17.6. The second-order valence-electron chi connectivity index (χ2n) is 8.36. The summed E-state index contributed by atoms with van der Waals surface area (Å²) in [5, 5.41) is 3.36. The Labute approximate surface area is 205 Å². The second kappa shape index (κ2) is 11.3. The van der Waals surface area contributed by atoms with Crippen molar-refractivity contribution in [1.29, 1.82) is 0 Å². The van der Waals surface area contributed by atoms with Crippen LogP contribution in [-0.2, 0) is 27.4 Å². The lowest BCUT2D eigenvalue weighted by molar-refractivity contribution is 0.121. The first kappa shape index (κ1) is 23.3. The van der Waals surface area contributed by atoms with Crippen LogP contribution in [0.3, 0.4) is 0 Å². The monoisotopic (exact) mass is 474 g/mol. The van der Waals surface area contributed by atoms with Gasteiger partial charge >= 0.3 is 0 Å². The lowest BCUT2D eigenvalue weighted by Gasteiger charge is -2.31. The molecule has 8 heteroatoms. The first-order chi connectivity index (χ1) is 17.3. The van der Waals surface area contributed by atoms with Crippen LogP contribution in [0.1, 0.15) is 11.1 Å². The molecule has 0 radical (unpaired) electrons. The Morgan fingerprint density at radius 1 is 0.886 bits per heavy atom. The molecule has 182 valence electrons. The second-order valence-corrected chi connectivity index (χ2v) is 8.36. The van der Waals surface area contributed by atoms with Crippen molar-refractivity contribution in [3.63, 3.8) is 0 Å². The number of methoxy groups -OCH3 is 1. The molecule has 0 saturated carbocycles. The fraction of sp³-hybridized carbons (Fsp3) is 0.333. The van der Waals surface area contributed by atoms with Crippen molar-refractivity contribution in [3.8, 4) is 17.0 Å². The number of anilines is 3. The maximum atomic E-state index is 5.99. The molecule has 1 N–H and O–H groups in total. The highest BCUT2D eigenvalue weighted by Gasteiger charge is 2.16. The molecule has 0 aliphatic carbocycles. The van der Waals surface area contributed by atoms with Crippen molar-refractivity contribution < 1.29 is 18.9 Å². The topological polar surface area (TPSA) is 78.0 Å². The van der Waals surface area contributed by atoms with Crippen molar-refractivity contribution in [2.45, 2.75) is 13.2 Å². The molecule has 2 aliphatic heterocycles. The van der Waals surface area contributed by atoms with Crippen LogP contribution in [0.2, 0.25) is 0 Å². The van der Waals surface area contributed by atoms with Gasteiger partial charge in [0.25, 0.3) is 0 Å². The third-order valence-electron chi connectivity index (χ3n) is 6.03. The first-order valence-electron chi connectivity index (χ1n) is 11.8. The Morgan fingerprint density at radius 2 is 1.69 bits per heavy atom. The number of aromatic nitrogens is 2. The van der Waals surface area contributed by atoms with Crippen LogP contribution in [-0.4, -0.2) is 56.6 Å². The maximum Gasteiger partial charge on any atom is 0.227 e. The SMILES string of the molecule is COc1ccc2cc1COC/C=C/COCc1cc(ccc1N1CCOCC1)Nc1nccc-2n1. The van der Waals surface area contributed by atoms with Crippen LogP contribution in [0, 0.1) is 0 Å². The van der Waals surface area contributed by atoms with E-state index < -0.39 is 0 Å². The number of hydrogen-bond acceptors (Lipinski definition) is 8. The number of rotatable bonds is 2. The third kappa shape index (κ3) is 5.79. The highest BCUT2D eigenvalue weighted by atomic mass is 16.5. The first-order valence-corrected chi connectivity index (χ1v) is 11.8. The predicted octanol–water partition coefficient (Wildman–Crippen LogP) is 4.34. The maximum absolute atomic E-state index is 5.99. The van der Waals surface area contributed by atoms with E-state index in [-0.39, 0.29) is 0 Å². The molecular weight excluding hydrogens is 444 g/mol. The molecule has 1 saturated heterocycles. The van der Waals surface area contributed by atoms with E-state index in [1.54, 1.807) is 13.3 Å². The highest BCUT2D eigenvalue weighted by molar-refractivity contribution is 5.66. The zero-order valence-electron chi connectivity index (χ0n) is 19.9. The summed E-state index contributed by atoms with van der Waals surface area (Å²) in [6, 6.07) is 14.2. The van der Waals surface area contributed by atoms with Gasteiger partial charge in [-0.1, -0.05) is 12.2 Å². The van der Waals surface area contributed by atoms with Gasteiger partial charge in [0.2, 0.25) is 5.95 Å². The van der Waals surface area contributed by atoms with Crippen molar-refractivity contribution in [1.82, 2.24) is 9.97 Å². The molecule has 8 nitrogen and oxygen atoms in total. The fourth-order valence-corrected chi connectivity index (χ4v) is 4.26. The minimum Gasteiger partial charge on any atom is -0.496 e. The number of benzene rings is 2. The summed E-state index contributed by atoms with van der Waals surface area (Å²) < 4.78 is 22.9. The standard InChI is InChI=1S/C27H30N4O4/c1-32-26-7-4-20-16-22(26)19-35-13-3-2-12-34-18-21-17-23(29-27-28-9-8-24(20)30-27)5-6-25(21)31-10-14-33-15-11-31/h2-9,16-17H,10-15,18-19H2,1H3,(H,28,29,30)/b3-2+. The summed E-state index contributed by atoms with van der Waals surface area (Å²) in [6.07, 6.45) is 5.74. The smallest absolute Gasteiger partial charge is 0.227 e. The van der Waals surface area contributed by atoms with Gasteiger partial charge < -0.3 is 29.2 Å². The number of nitrogens with one attached hydrogen (secondary N) is 1. The molecule has 35 heavy (non-hydrogen) atoms. The van der Waals surface area contributed by atoms with E-state index in [0.29, 0.717) is 32.4 Å². The molecule has 3 aromatic rings. The van der Waals surface area contributed by atoms with Crippen molar-refractivity contribution >= 4 is 17.3 Å². The van der Waals surface area contributed by atoms with E-state index >= 15 is 0 Å². The van der Waals surface area contributed by atoms with E-state index in [4.69, 9.17) is 23.9 Å². The Balaban J connectivity index is 1.48. The minimum atomic E-state index is 0.436. The highest BCUT2D eigenvalue weighted by Crippen LogP contribution is 2.29. The van der Waals surface area contributed by atoms with Gasteiger partial charge in [0.05, 0.1) is 52.4 Å². The van der Waals surface area contributed by atoms with Crippen LogP contribution in [0.5, 0.6) is 5.75 Å². The zero-order valence-corrected chi connectivity index (χ0v) is 19.9. The zero-order chi connectivity index (χ0) is 23.9. The predicted molar refractivity (Wildman–Crippen MR) is 135 cm³/mol. The Kier molecular flexibility index (Phi) is 7.53. The molecule has 0 atom stereocenters. The molecule has 1 fully saturated rings. The largest absolute Gasteiger partial charge is 0.496 e. The molecule has 0 spiro atoms. The van der Waals surface area contributed by atoms with E-state index in [2.05, 4.69) is 39.5 Å². The average molecular weight is 475 g/mol. The average Bonchev–Trinajstić information content (AvgIpc) is 2.90. The van der Waals surface area contributed by atoms with Crippen molar-refractivity contribution in [3.05, 3.63) is 71.9 Å². The van der Waals surface area contributed by atoms with Crippen molar-refractivity contribution in [2.24, 2.45) is 0 Å². The molecule has 2 aliphatic rings. The van der Waals surface area contributed by atoms with E-state index in [1.165, 1.54) is 5.69 Å². The van der Waals surface area contributed by atoms with Crippen LogP contribution in [0.15, 0.2) is 60.8 Å². The number of hydrogen-bond donors (Lipinski definition) is 1. The summed E-state index contributed by atoms with van der Waals surface area (Å²) >= 11 is 0. The molecule has 3 heterocycles. The quantitative estimate of drug-likeness (QED) is 0.550. The molecule has 2 aromatic carbocycles. The third-order valence-corrected chi connectivity index (χ3v) is 6.03. The molecule has 1 aromatic heterocycles. The molecule has 0 unspecified atom stereocenters. The Bertz CT molecular complexity index is 1180. The van der Waals surface area contributed by atoms with Gasteiger partial charge in [-0.3, -0.25) is 0 Å².